The van der Waals surface area contributed by atoms with Crippen molar-refractivity contribution < 1.29 is 9.32 Å². The van der Waals surface area contributed by atoms with Crippen LogP contribution in [0.25, 0.3) is 0 Å². The molecule has 7 heteroatoms. The van der Waals surface area contributed by atoms with E-state index in [1.165, 1.54) is 24.2 Å². The molecular formula is C17H22N4O2S. The standard InChI is InChI=1S/C17H22N4O2S/c1-10-15(24-11(2)18-10)17(22)21-7-3-4-12(9-21)8-14-19-16(20-23-14)13-5-6-13/h12-13H,3-9H2,1-2H3. The van der Waals surface area contributed by atoms with Crippen molar-refractivity contribution in [3.05, 3.63) is 27.3 Å². The van der Waals surface area contributed by atoms with E-state index in [0.29, 0.717) is 11.8 Å². The summed E-state index contributed by atoms with van der Waals surface area (Å²) in [5.74, 6) is 2.62. The highest BCUT2D eigenvalue weighted by Crippen LogP contribution is 2.38. The molecule has 0 spiro atoms. The molecule has 1 unspecified atom stereocenters. The summed E-state index contributed by atoms with van der Waals surface area (Å²) >= 11 is 1.49. The minimum absolute atomic E-state index is 0.118. The highest BCUT2D eigenvalue weighted by Gasteiger charge is 2.31. The average Bonchev–Trinajstić information content (AvgIpc) is 3.22. The number of aromatic nitrogens is 3. The summed E-state index contributed by atoms with van der Waals surface area (Å²) in [5, 5.41) is 5.03. The van der Waals surface area contributed by atoms with E-state index < -0.39 is 0 Å². The maximum Gasteiger partial charge on any atom is 0.265 e. The Balaban J connectivity index is 1.41. The van der Waals surface area contributed by atoms with Gasteiger partial charge in [0, 0.05) is 25.4 Å². The Morgan fingerprint density at radius 3 is 2.83 bits per heavy atom. The number of aryl methyl sites for hydroxylation is 2. The smallest absolute Gasteiger partial charge is 0.265 e. The molecule has 128 valence electrons. The first-order valence-electron chi connectivity index (χ1n) is 8.66. The van der Waals surface area contributed by atoms with Crippen LogP contribution < -0.4 is 0 Å². The second-order valence-electron chi connectivity index (χ2n) is 6.93. The van der Waals surface area contributed by atoms with E-state index in [2.05, 4.69) is 15.1 Å². The predicted octanol–water partition coefficient (Wildman–Crippen LogP) is 3.12. The van der Waals surface area contributed by atoms with E-state index in [4.69, 9.17) is 4.52 Å². The van der Waals surface area contributed by atoms with Crippen molar-refractivity contribution in [2.45, 2.75) is 51.9 Å². The van der Waals surface area contributed by atoms with E-state index in [-0.39, 0.29) is 5.91 Å². The summed E-state index contributed by atoms with van der Waals surface area (Å²) in [4.78, 5) is 24.4. The molecule has 0 radical (unpaired) electrons. The van der Waals surface area contributed by atoms with Crippen LogP contribution in [-0.2, 0) is 6.42 Å². The van der Waals surface area contributed by atoms with Gasteiger partial charge in [-0.1, -0.05) is 5.16 Å². The SMILES string of the molecule is Cc1nc(C)c(C(=O)N2CCCC(Cc3nc(C4CC4)no3)C2)s1. The minimum atomic E-state index is 0.118. The topological polar surface area (TPSA) is 72.1 Å². The number of likely N-dealkylation sites (tertiary alicyclic amines) is 1. The van der Waals surface area contributed by atoms with Crippen LogP contribution >= 0.6 is 11.3 Å². The molecule has 1 aliphatic carbocycles. The van der Waals surface area contributed by atoms with Crippen LogP contribution in [0, 0.1) is 19.8 Å². The van der Waals surface area contributed by atoms with E-state index in [0.717, 1.165) is 59.6 Å². The van der Waals surface area contributed by atoms with Crippen molar-refractivity contribution in [3.63, 3.8) is 0 Å². The first kappa shape index (κ1) is 15.7. The summed E-state index contributed by atoms with van der Waals surface area (Å²) in [6, 6.07) is 0. The van der Waals surface area contributed by atoms with Gasteiger partial charge in [0.25, 0.3) is 5.91 Å². The zero-order valence-corrected chi connectivity index (χ0v) is 14.9. The first-order chi connectivity index (χ1) is 11.6. The molecule has 1 saturated heterocycles. The summed E-state index contributed by atoms with van der Waals surface area (Å²) < 4.78 is 5.40. The van der Waals surface area contributed by atoms with Crippen LogP contribution in [0.5, 0.6) is 0 Å². The van der Waals surface area contributed by atoms with Gasteiger partial charge >= 0.3 is 0 Å². The second kappa shape index (κ2) is 6.27. The van der Waals surface area contributed by atoms with Gasteiger partial charge in [0.15, 0.2) is 5.82 Å². The van der Waals surface area contributed by atoms with Gasteiger partial charge in [0.2, 0.25) is 5.89 Å². The van der Waals surface area contributed by atoms with Crippen molar-refractivity contribution in [1.82, 2.24) is 20.0 Å². The molecule has 0 bridgehead atoms. The van der Waals surface area contributed by atoms with Crippen molar-refractivity contribution >= 4 is 17.2 Å². The van der Waals surface area contributed by atoms with E-state index in [9.17, 15) is 4.79 Å². The monoisotopic (exact) mass is 346 g/mol. The van der Waals surface area contributed by atoms with Crippen LogP contribution in [0.2, 0.25) is 0 Å². The van der Waals surface area contributed by atoms with Crippen LogP contribution in [0.4, 0.5) is 0 Å². The molecule has 0 aromatic carbocycles. The molecule has 2 aromatic heterocycles. The Kier molecular flexibility index (Phi) is 4.12. The predicted molar refractivity (Wildman–Crippen MR) is 90.2 cm³/mol. The summed E-state index contributed by atoms with van der Waals surface area (Å²) in [7, 11) is 0. The summed E-state index contributed by atoms with van der Waals surface area (Å²) in [5.41, 5.74) is 0.843. The number of amides is 1. The quantitative estimate of drug-likeness (QED) is 0.850. The number of hydrogen-bond donors (Lipinski definition) is 0. The molecule has 1 amide bonds. The molecule has 24 heavy (non-hydrogen) atoms. The summed E-state index contributed by atoms with van der Waals surface area (Å²) in [6.45, 7) is 5.44. The lowest BCUT2D eigenvalue weighted by atomic mass is 9.94. The van der Waals surface area contributed by atoms with E-state index in [1.807, 2.05) is 18.7 Å². The van der Waals surface area contributed by atoms with Gasteiger partial charge in [-0.25, -0.2) is 4.98 Å². The molecule has 2 fully saturated rings. The minimum Gasteiger partial charge on any atom is -0.339 e. The van der Waals surface area contributed by atoms with Crippen molar-refractivity contribution in [2.24, 2.45) is 5.92 Å². The fraction of sp³-hybridized carbons (Fsp3) is 0.647. The molecule has 1 atom stereocenters. The number of piperidine rings is 1. The van der Waals surface area contributed by atoms with E-state index in [1.54, 1.807) is 0 Å². The van der Waals surface area contributed by atoms with Crippen molar-refractivity contribution in [1.29, 1.82) is 0 Å². The maximum atomic E-state index is 12.8. The molecule has 1 aliphatic heterocycles. The van der Waals surface area contributed by atoms with Gasteiger partial charge in [-0.2, -0.15) is 4.98 Å². The molecule has 2 aromatic rings. The zero-order valence-electron chi connectivity index (χ0n) is 14.1. The highest BCUT2D eigenvalue weighted by molar-refractivity contribution is 7.13. The van der Waals surface area contributed by atoms with Gasteiger partial charge in [0.05, 0.1) is 10.7 Å². The van der Waals surface area contributed by atoms with Crippen molar-refractivity contribution in [2.75, 3.05) is 13.1 Å². The fourth-order valence-corrected chi connectivity index (χ4v) is 4.28. The van der Waals surface area contributed by atoms with Crippen LogP contribution in [0.1, 0.15) is 63.7 Å². The lowest BCUT2D eigenvalue weighted by Gasteiger charge is -2.32. The Labute approximate surface area is 145 Å². The lowest BCUT2D eigenvalue weighted by molar-refractivity contribution is 0.0672. The van der Waals surface area contributed by atoms with Gasteiger partial charge in [0.1, 0.15) is 4.88 Å². The normalized spacial score (nSPS) is 21.2. The Hall–Kier alpha value is -1.76. The number of thiazole rings is 1. The van der Waals surface area contributed by atoms with Gasteiger partial charge < -0.3 is 9.42 Å². The van der Waals surface area contributed by atoms with Crippen molar-refractivity contribution in [3.8, 4) is 0 Å². The number of hydrogen-bond acceptors (Lipinski definition) is 6. The third kappa shape index (κ3) is 3.22. The number of rotatable bonds is 4. The average molecular weight is 346 g/mol. The number of carbonyl (C=O) groups is 1. The highest BCUT2D eigenvalue weighted by atomic mass is 32.1. The molecular weight excluding hydrogens is 324 g/mol. The first-order valence-corrected chi connectivity index (χ1v) is 9.47. The zero-order chi connectivity index (χ0) is 16.7. The number of carbonyl (C=O) groups excluding carboxylic acids is 1. The molecule has 2 aliphatic rings. The largest absolute Gasteiger partial charge is 0.339 e. The van der Waals surface area contributed by atoms with Gasteiger partial charge in [-0.15, -0.1) is 11.3 Å². The third-order valence-electron chi connectivity index (χ3n) is 4.79. The number of nitrogens with zero attached hydrogens (tertiary/aromatic N) is 4. The summed E-state index contributed by atoms with van der Waals surface area (Å²) in [6.07, 6.45) is 5.25. The molecule has 3 heterocycles. The molecule has 4 rings (SSSR count). The van der Waals surface area contributed by atoms with E-state index >= 15 is 0 Å². The maximum absolute atomic E-state index is 12.8. The van der Waals surface area contributed by atoms with Crippen LogP contribution in [0.3, 0.4) is 0 Å². The fourth-order valence-electron chi connectivity index (χ4n) is 3.39. The van der Waals surface area contributed by atoms with Gasteiger partial charge in [-0.05, 0) is 45.4 Å². The van der Waals surface area contributed by atoms with Crippen LogP contribution in [-0.4, -0.2) is 39.0 Å². The van der Waals surface area contributed by atoms with Crippen LogP contribution in [0.15, 0.2) is 4.52 Å². The Morgan fingerprint density at radius 2 is 2.12 bits per heavy atom. The molecule has 6 nitrogen and oxygen atoms in total. The van der Waals surface area contributed by atoms with Gasteiger partial charge in [-0.3, -0.25) is 4.79 Å². The lowest BCUT2D eigenvalue weighted by Crippen LogP contribution is -2.40. The Morgan fingerprint density at radius 1 is 1.29 bits per heavy atom. The third-order valence-corrected chi connectivity index (χ3v) is 5.85. The Bertz CT molecular complexity index is 750. The second-order valence-corrected chi connectivity index (χ2v) is 8.13. The molecule has 1 saturated carbocycles. The molecule has 0 N–H and O–H groups in total.